The normalized spacial score (nSPS) is 10.1. The van der Waals surface area contributed by atoms with Crippen LogP contribution in [0.5, 0.6) is 0 Å². The second-order valence-electron chi connectivity index (χ2n) is 3.24. The van der Waals surface area contributed by atoms with E-state index in [2.05, 4.69) is 20.9 Å². The minimum absolute atomic E-state index is 0.529. The zero-order chi connectivity index (χ0) is 11.5. The van der Waals surface area contributed by atoms with Crippen molar-refractivity contribution in [1.82, 2.24) is 4.98 Å². The highest BCUT2D eigenvalue weighted by Gasteiger charge is 2.03. The Morgan fingerprint density at radius 2 is 2.06 bits per heavy atom. The maximum atomic E-state index is 10.7. The molecule has 0 saturated carbocycles. The number of benzene rings is 1. The third-order valence-electron chi connectivity index (χ3n) is 2.07. The monoisotopic (exact) mass is 295 g/mol. The molecule has 0 bridgehead atoms. The number of nitrogens with zero attached hydrogens (tertiary/aromatic N) is 1. The zero-order valence-electron chi connectivity index (χ0n) is 8.15. The average molecular weight is 297 g/mol. The summed E-state index contributed by atoms with van der Waals surface area (Å²) in [5.74, 6) is 0. The molecule has 0 saturated heterocycles. The molecule has 1 aromatic heterocycles. The summed E-state index contributed by atoms with van der Waals surface area (Å²) in [4.78, 5) is 15.0. The van der Waals surface area contributed by atoms with Gasteiger partial charge in [-0.05, 0) is 46.3 Å². The molecule has 2 nitrogen and oxygen atoms in total. The Balaban J connectivity index is 2.55. The molecule has 0 atom stereocenters. The van der Waals surface area contributed by atoms with Crippen molar-refractivity contribution in [2.75, 3.05) is 0 Å². The van der Waals surface area contributed by atoms with Crippen molar-refractivity contribution < 1.29 is 4.79 Å². The first-order valence-electron chi connectivity index (χ1n) is 4.58. The lowest BCUT2D eigenvalue weighted by molar-refractivity contribution is 0.112. The van der Waals surface area contributed by atoms with Crippen LogP contribution in [0, 0.1) is 0 Å². The molecular formula is C12H7BrClNO. The number of aldehydes is 1. The lowest BCUT2D eigenvalue weighted by atomic mass is 10.1. The predicted octanol–water partition coefficient (Wildman–Crippen LogP) is 3.98. The van der Waals surface area contributed by atoms with E-state index in [9.17, 15) is 4.79 Å². The molecule has 4 heteroatoms. The largest absolute Gasteiger partial charge is 0.298 e. The summed E-state index contributed by atoms with van der Waals surface area (Å²) in [6, 6.07) is 10.8. The Morgan fingerprint density at radius 3 is 2.75 bits per heavy atom. The van der Waals surface area contributed by atoms with E-state index in [1.165, 1.54) is 0 Å². The van der Waals surface area contributed by atoms with Gasteiger partial charge in [-0.2, -0.15) is 0 Å². The first kappa shape index (κ1) is 11.3. The Morgan fingerprint density at radius 1 is 1.25 bits per heavy atom. The van der Waals surface area contributed by atoms with E-state index >= 15 is 0 Å². The lowest BCUT2D eigenvalue weighted by Gasteiger charge is -2.03. The number of aromatic nitrogens is 1. The molecule has 0 spiro atoms. The molecule has 0 N–H and O–H groups in total. The van der Waals surface area contributed by atoms with Gasteiger partial charge in [-0.1, -0.05) is 17.7 Å². The number of halogens is 2. The van der Waals surface area contributed by atoms with Crippen molar-refractivity contribution >= 4 is 33.8 Å². The van der Waals surface area contributed by atoms with Crippen LogP contribution in [0.25, 0.3) is 11.3 Å². The Hall–Kier alpha value is -1.19. The maximum absolute atomic E-state index is 10.7. The second kappa shape index (κ2) is 4.76. The molecule has 1 aromatic carbocycles. The molecule has 2 rings (SSSR count). The maximum Gasteiger partial charge on any atom is 0.150 e. The van der Waals surface area contributed by atoms with Gasteiger partial charge >= 0.3 is 0 Å². The van der Waals surface area contributed by atoms with Gasteiger partial charge < -0.3 is 0 Å². The quantitative estimate of drug-likeness (QED) is 0.620. The second-order valence-corrected chi connectivity index (χ2v) is 4.49. The molecule has 0 unspecified atom stereocenters. The molecule has 80 valence electrons. The van der Waals surface area contributed by atoms with E-state index < -0.39 is 0 Å². The summed E-state index contributed by atoms with van der Waals surface area (Å²) in [5, 5.41) is 0.529. The molecule has 0 aliphatic rings. The highest BCUT2D eigenvalue weighted by Crippen LogP contribution is 2.23. The summed E-state index contributed by atoms with van der Waals surface area (Å²) in [7, 11) is 0. The molecule has 2 aromatic rings. The van der Waals surface area contributed by atoms with Crippen molar-refractivity contribution in [3.05, 3.63) is 51.6 Å². The molecule has 0 aliphatic carbocycles. The molecule has 0 amide bonds. The summed E-state index contributed by atoms with van der Waals surface area (Å²) in [6.45, 7) is 0. The molecular weight excluding hydrogens is 289 g/mol. The van der Waals surface area contributed by atoms with Gasteiger partial charge in [0.05, 0.1) is 5.69 Å². The van der Waals surface area contributed by atoms with Crippen LogP contribution in [0.15, 0.2) is 41.0 Å². The van der Waals surface area contributed by atoms with Crippen molar-refractivity contribution in [2.45, 2.75) is 0 Å². The van der Waals surface area contributed by atoms with Crippen LogP contribution < -0.4 is 0 Å². The van der Waals surface area contributed by atoms with E-state index in [1.54, 1.807) is 18.2 Å². The predicted molar refractivity (Wildman–Crippen MR) is 67.8 cm³/mol. The molecule has 0 fully saturated rings. The van der Waals surface area contributed by atoms with Crippen LogP contribution in [-0.4, -0.2) is 11.3 Å². The first-order valence-corrected chi connectivity index (χ1v) is 5.75. The fourth-order valence-corrected chi connectivity index (χ4v) is 1.98. The van der Waals surface area contributed by atoms with Crippen LogP contribution in [0.2, 0.25) is 5.02 Å². The van der Waals surface area contributed by atoms with Crippen molar-refractivity contribution in [3.8, 4) is 11.3 Å². The van der Waals surface area contributed by atoms with Gasteiger partial charge in [-0.15, -0.1) is 0 Å². The lowest BCUT2D eigenvalue weighted by Crippen LogP contribution is -1.87. The van der Waals surface area contributed by atoms with E-state index in [-0.39, 0.29) is 0 Å². The minimum Gasteiger partial charge on any atom is -0.298 e. The number of hydrogen-bond donors (Lipinski definition) is 0. The van der Waals surface area contributed by atoms with Crippen molar-refractivity contribution in [2.24, 2.45) is 0 Å². The Bertz CT molecular complexity index is 542. The van der Waals surface area contributed by atoms with Gasteiger partial charge in [0.2, 0.25) is 0 Å². The topological polar surface area (TPSA) is 30.0 Å². The van der Waals surface area contributed by atoms with Crippen LogP contribution >= 0.6 is 27.5 Å². The van der Waals surface area contributed by atoms with Gasteiger partial charge in [-0.3, -0.25) is 4.79 Å². The minimum atomic E-state index is 0.529. The standard InChI is InChI=1S/C12H7BrClNO/c13-12-3-1-2-11(15-12)9-4-8(7-16)5-10(14)6-9/h1-7H. The van der Waals surface area contributed by atoms with E-state index in [4.69, 9.17) is 11.6 Å². The SMILES string of the molecule is O=Cc1cc(Cl)cc(-c2cccc(Br)n2)c1. The summed E-state index contributed by atoms with van der Waals surface area (Å²) in [5.41, 5.74) is 2.15. The van der Waals surface area contributed by atoms with Crippen LogP contribution in [0.1, 0.15) is 10.4 Å². The molecule has 0 aliphatic heterocycles. The van der Waals surface area contributed by atoms with Gasteiger partial charge in [0.1, 0.15) is 10.9 Å². The Kier molecular flexibility index (Phi) is 3.36. The molecule has 0 radical (unpaired) electrons. The Labute approximate surface area is 106 Å². The van der Waals surface area contributed by atoms with E-state index in [1.807, 2.05) is 18.2 Å². The fraction of sp³-hybridized carbons (Fsp3) is 0. The van der Waals surface area contributed by atoms with E-state index in [0.717, 1.165) is 22.1 Å². The number of pyridine rings is 1. The van der Waals surface area contributed by atoms with Crippen LogP contribution in [-0.2, 0) is 0 Å². The third kappa shape index (κ3) is 2.49. The number of carbonyl (C=O) groups excluding carboxylic acids is 1. The smallest absolute Gasteiger partial charge is 0.150 e. The van der Waals surface area contributed by atoms with Crippen LogP contribution in [0.4, 0.5) is 0 Å². The van der Waals surface area contributed by atoms with Crippen molar-refractivity contribution in [3.63, 3.8) is 0 Å². The van der Waals surface area contributed by atoms with Crippen molar-refractivity contribution in [1.29, 1.82) is 0 Å². The summed E-state index contributed by atoms with van der Waals surface area (Å²) in [6.07, 6.45) is 0.771. The summed E-state index contributed by atoms with van der Waals surface area (Å²) >= 11 is 9.22. The zero-order valence-corrected chi connectivity index (χ0v) is 10.5. The van der Waals surface area contributed by atoms with Gasteiger partial charge in [0, 0.05) is 16.1 Å². The van der Waals surface area contributed by atoms with Gasteiger partial charge in [0.15, 0.2) is 0 Å². The molecule has 16 heavy (non-hydrogen) atoms. The number of carbonyl (C=O) groups is 1. The van der Waals surface area contributed by atoms with Crippen LogP contribution in [0.3, 0.4) is 0 Å². The number of rotatable bonds is 2. The van der Waals surface area contributed by atoms with Gasteiger partial charge in [-0.25, -0.2) is 4.98 Å². The van der Waals surface area contributed by atoms with Gasteiger partial charge in [0.25, 0.3) is 0 Å². The highest BCUT2D eigenvalue weighted by molar-refractivity contribution is 9.10. The van der Waals surface area contributed by atoms with E-state index in [0.29, 0.717) is 10.6 Å². The average Bonchev–Trinajstić information content (AvgIpc) is 2.28. The highest BCUT2D eigenvalue weighted by atomic mass is 79.9. The fourth-order valence-electron chi connectivity index (χ4n) is 1.40. The summed E-state index contributed by atoms with van der Waals surface area (Å²) < 4.78 is 0.748. The number of hydrogen-bond acceptors (Lipinski definition) is 2. The first-order chi connectivity index (χ1) is 7.69. The molecule has 1 heterocycles. The third-order valence-corrected chi connectivity index (χ3v) is 2.73.